The first-order chi connectivity index (χ1) is 10.7. The molecule has 0 saturated carbocycles. The average Bonchev–Trinajstić information content (AvgIpc) is 2.56. The van der Waals surface area contributed by atoms with Gasteiger partial charge >= 0.3 is 0 Å². The Kier molecular flexibility index (Phi) is 8.75. The van der Waals surface area contributed by atoms with Gasteiger partial charge in [-0.1, -0.05) is 30.6 Å². The SMILES string of the molecule is [B][B]Cc1ccccc1C(=O)CCCC(=O)c1[c-]cccc1.[V]. The zero-order valence-corrected chi connectivity index (χ0v) is 14.3. The molecule has 0 aliphatic rings. The molecule has 0 aliphatic carbocycles. The molecule has 23 heavy (non-hydrogen) atoms. The van der Waals surface area contributed by atoms with E-state index in [1.165, 1.54) is 0 Å². The van der Waals surface area contributed by atoms with E-state index in [0.29, 0.717) is 36.7 Å². The molecule has 0 unspecified atom stereocenters. The summed E-state index contributed by atoms with van der Waals surface area (Å²) < 4.78 is 0. The summed E-state index contributed by atoms with van der Waals surface area (Å²) in [5.74, 6) is 0.0827. The molecule has 0 heterocycles. The number of hydrogen-bond donors (Lipinski definition) is 0. The van der Waals surface area contributed by atoms with E-state index in [2.05, 4.69) is 6.07 Å². The van der Waals surface area contributed by atoms with Crippen LogP contribution in [0.3, 0.4) is 0 Å². The van der Waals surface area contributed by atoms with Crippen molar-refractivity contribution in [2.75, 3.05) is 0 Å². The van der Waals surface area contributed by atoms with Gasteiger partial charge in [-0.3, -0.25) is 4.79 Å². The number of benzene rings is 2. The summed E-state index contributed by atoms with van der Waals surface area (Å²) in [6.45, 7) is 0. The average molecular weight is 337 g/mol. The van der Waals surface area contributed by atoms with E-state index in [4.69, 9.17) is 7.74 Å². The fourth-order valence-corrected chi connectivity index (χ4v) is 2.34. The Morgan fingerprint density at radius 1 is 1.00 bits per heavy atom. The van der Waals surface area contributed by atoms with Gasteiger partial charge in [0.25, 0.3) is 0 Å². The summed E-state index contributed by atoms with van der Waals surface area (Å²) >= 11 is 0. The van der Waals surface area contributed by atoms with Crippen LogP contribution in [-0.4, -0.2) is 26.5 Å². The second kappa shape index (κ2) is 10.3. The maximum absolute atomic E-state index is 12.3. The standard InChI is InChI=1S/C18H16B2O2.V/c19-20-13-15-9-4-5-10-16(15)18(22)12-6-11-17(21)14-7-2-1-3-8-14;/h1-5,7,9-10H,6,11-13H2;/q-1;. The summed E-state index contributed by atoms with van der Waals surface area (Å²) in [5.41, 5.74) is 2.20. The predicted molar refractivity (Wildman–Crippen MR) is 89.4 cm³/mol. The van der Waals surface area contributed by atoms with Crippen molar-refractivity contribution in [3.8, 4) is 0 Å². The molecule has 0 atom stereocenters. The second-order valence-corrected chi connectivity index (χ2v) is 5.07. The molecule has 2 nitrogen and oxygen atoms in total. The third-order valence-corrected chi connectivity index (χ3v) is 3.47. The first-order valence-corrected chi connectivity index (χ1v) is 7.37. The van der Waals surface area contributed by atoms with Crippen LogP contribution in [0.25, 0.3) is 0 Å². The van der Waals surface area contributed by atoms with Crippen LogP contribution in [-0.2, 0) is 24.9 Å². The van der Waals surface area contributed by atoms with Crippen LogP contribution < -0.4 is 0 Å². The minimum Gasteiger partial charge on any atom is -0.352 e. The van der Waals surface area contributed by atoms with Crippen molar-refractivity contribution in [2.24, 2.45) is 0 Å². The third kappa shape index (κ3) is 5.89. The van der Waals surface area contributed by atoms with Gasteiger partial charge in [0.2, 0.25) is 0 Å². The largest absolute Gasteiger partial charge is 0.352 e. The van der Waals surface area contributed by atoms with Crippen molar-refractivity contribution >= 4 is 26.5 Å². The van der Waals surface area contributed by atoms with Gasteiger partial charge in [0.15, 0.2) is 5.78 Å². The second-order valence-electron chi connectivity index (χ2n) is 5.07. The summed E-state index contributed by atoms with van der Waals surface area (Å²) in [7, 11) is 6.99. The van der Waals surface area contributed by atoms with Gasteiger partial charge in [-0.15, -0.1) is 35.9 Å². The quantitative estimate of drug-likeness (QED) is 0.422. The monoisotopic (exact) mass is 337 g/mol. The minimum absolute atomic E-state index is 0. The van der Waals surface area contributed by atoms with Crippen LogP contribution >= 0.6 is 0 Å². The van der Waals surface area contributed by atoms with Crippen molar-refractivity contribution < 1.29 is 28.1 Å². The molecular weight excluding hydrogens is 321 g/mol. The van der Waals surface area contributed by atoms with Gasteiger partial charge in [0.05, 0.1) is 13.0 Å². The maximum atomic E-state index is 12.3. The van der Waals surface area contributed by atoms with E-state index in [0.717, 1.165) is 5.56 Å². The molecule has 2 aromatic rings. The van der Waals surface area contributed by atoms with Crippen LogP contribution in [0.15, 0.2) is 48.5 Å². The molecule has 0 aromatic heterocycles. The van der Waals surface area contributed by atoms with E-state index in [9.17, 15) is 9.59 Å². The molecule has 0 aliphatic heterocycles. The van der Waals surface area contributed by atoms with Crippen LogP contribution in [0.1, 0.15) is 45.5 Å². The van der Waals surface area contributed by atoms with Crippen LogP contribution in [0.2, 0.25) is 0 Å². The predicted octanol–water partition coefficient (Wildman–Crippen LogP) is 3.01. The normalized spacial score (nSPS) is 9.74. The maximum Gasteiger partial charge on any atom is 0.163 e. The molecule has 2 rings (SSSR count). The summed E-state index contributed by atoms with van der Waals surface area (Å²) in [6.07, 6.45) is 1.83. The number of carbonyl (C=O) groups is 2. The fraction of sp³-hybridized carbons (Fsp3) is 0.222. The third-order valence-electron chi connectivity index (χ3n) is 3.47. The molecule has 0 spiro atoms. The van der Waals surface area contributed by atoms with Gasteiger partial charge in [-0.2, -0.15) is 0 Å². The Morgan fingerprint density at radius 2 is 1.70 bits per heavy atom. The Hall–Kier alpha value is -1.51. The Balaban J connectivity index is 0.00000264. The number of Topliss-reactive ketones (excluding diaryl/α,β-unsaturated/α-hetero) is 2. The molecule has 0 amide bonds. The molecule has 0 N–H and O–H groups in total. The summed E-state index contributed by atoms with van der Waals surface area (Å²) in [6, 6.07) is 17.5. The zero-order valence-electron chi connectivity index (χ0n) is 12.9. The minimum atomic E-state index is 0. The van der Waals surface area contributed by atoms with Crippen molar-refractivity contribution in [3.63, 3.8) is 0 Å². The van der Waals surface area contributed by atoms with E-state index >= 15 is 0 Å². The van der Waals surface area contributed by atoms with Gasteiger partial charge in [0, 0.05) is 38.3 Å². The molecule has 112 valence electrons. The molecule has 0 saturated heterocycles. The van der Waals surface area contributed by atoms with Crippen molar-refractivity contribution in [1.29, 1.82) is 0 Å². The van der Waals surface area contributed by atoms with Gasteiger partial charge < -0.3 is 4.79 Å². The Morgan fingerprint density at radius 3 is 2.39 bits per heavy atom. The van der Waals surface area contributed by atoms with Crippen LogP contribution in [0.5, 0.6) is 0 Å². The Labute approximate surface area is 151 Å². The number of rotatable bonds is 8. The fourth-order valence-electron chi connectivity index (χ4n) is 2.34. The summed E-state index contributed by atoms with van der Waals surface area (Å²) in [5, 5.41) is 0. The molecule has 5 heteroatoms. The molecular formula is C18H16B2O2V-. The number of hydrogen-bond acceptors (Lipinski definition) is 2. The first kappa shape index (κ1) is 19.5. The Bertz CT molecular complexity index is 644. The molecule has 0 fully saturated rings. The molecule has 4 radical (unpaired) electrons. The first-order valence-electron chi connectivity index (χ1n) is 7.37. The zero-order chi connectivity index (χ0) is 15.8. The smallest absolute Gasteiger partial charge is 0.163 e. The topological polar surface area (TPSA) is 34.1 Å². The van der Waals surface area contributed by atoms with E-state index in [1.54, 1.807) is 19.3 Å². The van der Waals surface area contributed by atoms with Gasteiger partial charge in [-0.05, 0) is 18.4 Å². The van der Waals surface area contributed by atoms with Crippen molar-refractivity contribution in [3.05, 3.63) is 71.3 Å². The van der Waals surface area contributed by atoms with Crippen LogP contribution in [0.4, 0.5) is 0 Å². The van der Waals surface area contributed by atoms with E-state index in [1.807, 2.05) is 36.4 Å². The van der Waals surface area contributed by atoms with Crippen LogP contribution in [0, 0.1) is 6.07 Å². The van der Waals surface area contributed by atoms with E-state index in [-0.39, 0.29) is 30.1 Å². The van der Waals surface area contributed by atoms with Gasteiger partial charge in [0.1, 0.15) is 0 Å². The summed E-state index contributed by atoms with van der Waals surface area (Å²) in [4.78, 5) is 24.3. The van der Waals surface area contributed by atoms with Crippen molar-refractivity contribution in [1.82, 2.24) is 0 Å². The van der Waals surface area contributed by atoms with Gasteiger partial charge in [-0.25, -0.2) is 0 Å². The van der Waals surface area contributed by atoms with Crippen molar-refractivity contribution in [2.45, 2.75) is 25.6 Å². The molecule has 2 aromatic carbocycles. The number of ketones is 2. The number of carbonyl (C=O) groups excluding carboxylic acids is 2. The molecule has 0 bridgehead atoms. The van der Waals surface area contributed by atoms with E-state index < -0.39 is 0 Å².